The van der Waals surface area contributed by atoms with Crippen molar-refractivity contribution in [2.24, 2.45) is 0 Å². The highest BCUT2D eigenvalue weighted by Gasteiger charge is 2.16. The lowest BCUT2D eigenvalue weighted by molar-refractivity contribution is -0.127. The Bertz CT molecular complexity index is 945. The summed E-state index contributed by atoms with van der Waals surface area (Å²) in [7, 11) is 3.21. The van der Waals surface area contributed by atoms with Gasteiger partial charge in [-0.3, -0.25) is 9.36 Å². The average Bonchev–Trinajstić information content (AvgIpc) is 3.17. The zero-order valence-corrected chi connectivity index (χ0v) is 16.9. The van der Waals surface area contributed by atoms with Crippen molar-refractivity contribution in [1.82, 2.24) is 19.7 Å². The molecule has 9 heteroatoms. The summed E-state index contributed by atoms with van der Waals surface area (Å²) >= 11 is 7.29. The average molecular weight is 421 g/mol. The summed E-state index contributed by atoms with van der Waals surface area (Å²) in [5.74, 6) is 0.277. The van der Waals surface area contributed by atoms with Crippen LogP contribution < -0.4 is 4.74 Å². The lowest BCUT2D eigenvalue weighted by Gasteiger charge is -2.18. The third kappa shape index (κ3) is 4.63. The van der Waals surface area contributed by atoms with E-state index in [0.717, 1.165) is 11.4 Å². The molecule has 3 rings (SSSR count). The first-order chi connectivity index (χ1) is 13.5. The number of methoxy groups -OCH3 is 1. The van der Waals surface area contributed by atoms with E-state index in [-0.39, 0.29) is 18.2 Å². The van der Waals surface area contributed by atoms with Crippen LogP contribution in [0.1, 0.15) is 5.56 Å². The van der Waals surface area contributed by atoms with Gasteiger partial charge in [-0.15, -0.1) is 10.2 Å². The molecule has 0 aliphatic heterocycles. The van der Waals surface area contributed by atoms with Crippen molar-refractivity contribution >= 4 is 29.3 Å². The maximum Gasteiger partial charge on any atom is 0.233 e. The number of benzene rings is 2. The van der Waals surface area contributed by atoms with Gasteiger partial charge >= 0.3 is 0 Å². The van der Waals surface area contributed by atoms with Crippen LogP contribution >= 0.6 is 23.4 Å². The summed E-state index contributed by atoms with van der Waals surface area (Å²) in [6.07, 6.45) is 1.58. The van der Waals surface area contributed by atoms with Gasteiger partial charge < -0.3 is 9.64 Å². The lowest BCUT2D eigenvalue weighted by Crippen LogP contribution is -2.28. The molecule has 146 valence electrons. The van der Waals surface area contributed by atoms with Gasteiger partial charge in [-0.1, -0.05) is 29.4 Å². The van der Waals surface area contributed by atoms with Gasteiger partial charge in [0.1, 0.15) is 17.9 Å². The number of rotatable bonds is 7. The number of hydrogen-bond acceptors (Lipinski definition) is 5. The molecule has 0 fully saturated rings. The Hall–Kier alpha value is -2.58. The fourth-order valence-electron chi connectivity index (χ4n) is 2.49. The van der Waals surface area contributed by atoms with Crippen molar-refractivity contribution in [2.45, 2.75) is 11.7 Å². The SMILES string of the molecule is COc1ccc(-n2cnnc2SCC(=O)N(C)Cc2c(F)cccc2Cl)cc1. The fraction of sp³-hybridized carbons (Fsp3) is 0.211. The predicted octanol–water partition coefficient (Wildman–Crippen LogP) is 3.82. The number of ether oxygens (including phenoxy) is 1. The monoisotopic (exact) mass is 420 g/mol. The molecule has 0 aliphatic carbocycles. The van der Waals surface area contributed by atoms with Crippen molar-refractivity contribution in [3.8, 4) is 11.4 Å². The van der Waals surface area contributed by atoms with Crippen LogP contribution in [-0.4, -0.2) is 45.5 Å². The molecule has 0 spiro atoms. The summed E-state index contributed by atoms with van der Waals surface area (Å²) in [4.78, 5) is 13.9. The molecule has 2 aromatic carbocycles. The molecule has 0 saturated carbocycles. The maximum atomic E-state index is 13.9. The first-order valence-corrected chi connectivity index (χ1v) is 9.70. The minimum atomic E-state index is -0.431. The Morgan fingerprint density at radius 3 is 2.71 bits per heavy atom. The smallest absolute Gasteiger partial charge is 0.233 e. The van der Waals surface area contributed by atoms with E-state index in [1.54, 1.807) is 31.1 Å². The second-order valence-corrected chi connectivity index (χ2v) is 7.27. The summed E-state index contributed by atoms with van der Waals surface area (Å²) in [6.45, 7) is 0.0933. The molecule has 0 N–H and O–H groups in total. The van der Waals surface area contributed by atoms with Gasteiger partial charge in [0.25, 0.3) is 0 Å². The van der Waals surface area contributed by atoms with Crippen molar-refractivity contribution < 1.29 is 13.9 Å². The highest BCUT2D eigenvalue weighted by Crippen LogP contribution is 2.23. The molecule has 0 aliphatic rings. The Kier molecular flexibility index (Phi) is 6.53. The zero-order valence-electron chi connectivity index (χ0n) is 15.3. The van der Waals surface area contributed by atoms with Crippen molar-refractivity contribution in [1.29, 1.82) is 0 Å². The van der Waals surface area contributed by atoms with Crippen molar-refractivity contribution in [3.63, 3.8) is 0 Å². The first kappa shape index (κ1) is 20.2. The van der Waals surface area contributed by atoms with Gasteiger partial charge in [-0.2, -0.15) is 0 Å². The Balaban J connectivity index is 1.64. The van der Waals surface area contributed by atoms with Crippen LogP contribution in [0.25, 0.3) is 5.69 Å². The standard InChI is InChI=1S/C19H18ClFN4O2S/c1-24(10-15-16(20)4-3-5-17(15)21)18(26)11-28-19-23-22-12-25(19)13-6-8-14(27-2)9-7-13/h3-9,12H,10-11H2,1-2H3. The highest BCUT2D eigenvalue weighted by molar-refractivity contribution is 7.99. The molecule has 0 unspecified atom stereocenters. The molecular formula is C19H18ClFN4O2S. The van der Waals surface area contributed by atoms with Gasteiger partial charge in [0.2, 0.25) is 5.91 Å². The summed E-state index contributed by atoms with van der Waals surface area (Å²) in [6, 6.07) is 11.9. The van der Waals surface area contributed by atoms with Crippen LogP contribution in [-0.2, 0) is 11.3 Å². The van der Waals surface area contributed by atoms with Crippen LogP contribution in [0.15, 0.2) is 53.9 Å². The molecule has 1 aromatic heterocycles. The molecule has 0 bridgehead atoms. The lowest BCUT2D eigenvalue weighted by atomic mass is 10.2. The number of carbonyl (C=O) groups is 1. The van der Waals surface area contributed by atoms with Crippen LogP contribution in [0.2, 0.25) is 5.02 Å². The molecular weight excluding hydrogens is 403 g/mol. The number of aromatic nitrogens is 3. The maximum absolute atomic E-state index is 13.9. The third-order valence-electron chi connectivity index (χ3n) is 4.07. The molecule has 0 atom stereocenters. The van der Waals surface area contributed by atoms with E-state index < -0.39 is 5.82 Å². The van der Waals surface area contributed by atoms with E-state index in [4.69, 9.17) is 16.3 Å². The van der Waals surface area contributed by atoms with Gasteiger partial charge in [0.15, 0.2) is 5.16 Å². The third-order valence-corrected chi connectivity index (χ3v) is 5.36. The van der Waals surface area contributed by atoms with E-state index >= 15 is 0 Å². The highest BCUT2D eigenvalue weighted by atomic mass is 35.5. The van der Waals surface area contributed by atoms with Crippen LogP contribution in [0.5, 0.6) is 5.75 Å². The Morgan fingerprint density at radius 1 is 1.29 bits per heavy atom. The molecule has 3 aromatic rings. The van der Waals surface area contributed by atoms with E-state index in [1.165, 1.54) is 28.8 Å². The second kappa shape index (κ2) is 9.07. The minimum absolute atomic E-state index is 0.0933. The number of halogens is 2. The number of carbonyl (C=O) groups excluding carboxylic acids is 1. The first-order valence-electron chi connectivity index (χ1n) is 8.33. The van der Waals surface area contributed by atoms with E-state index in [0.29, 0.717) is 15.7 Å². The van der Waals surface area contributed by atoms with Crippen LogP contribution in [0.4, 0.5) is 4.39 Å². The molecule has 6 nitrogen and oxygen atoms in total. The van der Waals surface area contributed by atoms with Crippen LogP contribution in [0, 0.1) is 5.82 Å². The van der Waals surface area contributed by atoms with Crippen LogP contribution in [0.3, 0.4) is 0 Å². The Morgan fingerprint density at radius 2 is 2.04 bits per heavy atom. The van der Waals surface area contributed by atoms with Gasteiger partial charge in [0, 0.05) is 29.9 Å². The quantitative estimate of drug-likeness (QED) is 0.544. The molecule has 0 saturated heterocycles. The van der Waals surface area contributed by atoms with Crippen molar-refractivity contribution in [3.05, 3.63) is 65.2 Å². The number of hydrogen-bond donors (Lipinski definition) is 0. The van der Waals surface area contributed by atoms with Gasteiger partial charge in [-0.05, 0) is 36.4 Å². The number of nitrogens with zero attached hydrogens (tertiary/aromatic N) is 4. The largest absolute Gasteiger partial charge is 0.497 e. The summed E-state index contributed by atoms with van der Waals surface area (Å²) in [5.41, 5.74) is 1.15. The Labute approximate surface area is 171 Å². The van der Waals surface area contributed by atoms with Gasteiger partial charge in [0.05, 0.1) is 12.9 Å². The molecule has 1 amide bonds. The fourth-order valence-corrected chi connectivity index (χ4v) is 3.58. The van der Waals surface area contributed by atoms with E-state index in [2.05, 4.69) is 10.2 Å². The topological polar surface area (TPSA) is 60.2 Å². The predicted molar refractivity (Wildman–Crippen MR) is 107 cm³/mol. The van der Waals surface area contributed by atoms with Crippen molar-refractivity contribution in [2.75, 3.05) is 19.9 Å². The summed E-state index contributed by atoms with van der Waals surface area (Å²) in [5, 5.41) is 8.87. The van der Waals surface area contributed by atoms with E-state index in [9.17, 15) is 9.18 Å². The van der Waals surface area contributed by atoms with E-state index in [1.807, 2.05) is 24.3 Å². The molecule has 1 heterocycles. The van der Waals surface area contributed by atoms with Gasteiger partial charge in [-0.25, -0.2) is 4.39 Å². The summed E-state index contributed by atoms with van der Waals surface area (Å²) < 4.78 is 20.9. The number of amides is 1. The molecule has 28 heavy (non-hydrogen) atoms. The second-order valence-electron chi connectivity index (χ2n) is 5.92. The number of thioether (sulfide) groups is 1. The normalized spacial score (nSPS) is 10.7. The molecule has 0 radical (unpaired) electrons. The minimum Gasteiger partial charge on any atom is -0.497 e. The zero-order chi connectivity index (χ0) is 20.1.